The molecule has 28 heavy (non-hydrogen) atoms. The highest BCUT2D eigenvalue weighted by Crippen LogP contribution is 2.43. The van der Waals surface area contributed by atoms with Crippen molar-refractivity contribution in [2.24, 2.45) is 11.3 Å². The summed E-state index contributed by atoms with van der Waals surface area (Å²) in [7, 11) is 0. The molecule has 3 aliphatic rings. The highest BCUT2D eigenvalue weighted by Gasteiger charge is 2.54. The Morgan fingerprint density at radius 1 is 1.21 bits per heavy atom. The van der Waals surface area contributed by atoms with Crippen molar-refractivity contribution in [1.82, 2.24) is 15.1 Å². The number of carbonyl (C=O) groups is 4. The summed E-state index contributed by atoms with van der Waals surface area (Å²) < 4.78 is 0. The number of hydrogen-bond donors (Lipinski definition) is 2. The van der Waals surface area contributed by atoms with Crippen LogP contribution in [0.2, 0.25) is 0 Å². The van der Waals surface area contributed by atoms with Gasteiger partial charge < -0.3 is 15.3 Å². The molecular formula is C20H31N3O5. The zero-order valence-electron chi connectivity index (χ0n) is 17.2. The van der Waals surface area contributed by atoms with Crippen LogP contribution in [0.25, 0.3) is 0 Å². The molecule has 2 N–H and O–H groups in total. The van der Waals surface area contributed by atoms with Crippen LogP contribution < -0.4 is 5.32 Å². The van der Waals surface area contributed by atoms with Gasteiger partial charge in [-0.2, -0.15) is 0 Å². The van der Waals surface area contributed by atoms with Gasteiger partial charge in [-0.3, -0.25) is 14.5 Å². The van der Waals surface area contributed by atoms with Crippen molar-refractivity contribution >= 4 is 23.8 Å². The minimum Gasteiger partial charge on any atom is -0.480 e. The number of nitrogens with one attached hydrogen (secondary N) is 1. The molecule has 1 spiro atoms. The molecule has 8 heteroatoms. The lowest BCUT2D eigenvalue weighted by Crippen LogP contribution is -2.52. The number of aliphatic carboxylic acids is 1. The van der Waals surface area contributed by atoms with Gasteiger partial charge in [0.2, 0.25) is 5.91 Å². The highest BCUT2D eigenvalue weighted by atomic mass is 16.4. The monoisotopic (exact) mass is 393 g/mol. The van der Waals surface area contributed by atoms with Gasteiger partial charge in [0, 0.05) is 6.04 Å². The Balaban J connectivity index is 1.69. The fourth-order valence-corrected chi connectivity index (χ4v) is 4.56. The van der Waals surface area contributed by atoms with Gasteiger partial charge in [0.1, 0.15) is 18.1 Å². The number of hydrogen-bond acceptors (Lipinski definition) is 4. The van der Waals surface area contributed by atoms with Crippen LogP contribution in [0.3, 0.4) is 0 Å². The largest absolute Gasteiger partial charge is 0.480 e. The Morgan fingerprint density at radius 3 is 2.25 bits per heavy atom. The Hall–Kier alpha value is -2.12. The first-order valence-electron chi connectivity index (χ1n) is 10.1. The number of carboxylic acid groups (broad SMARTS) is 1. The van der Waals surface area contributed by atoms with Gasteiger partial charge in [0.25, 0.3) is 5.91 Å². The summed E-state index contributed by atoms with van der Waals surface area (Å²) in [4.78, 5) is 51.9. The lowest BCUT2D eigenvalue weighted by Gasteiger charge is -2.40. The number of carboxylic acids is 1. The lowest BCUT2D eigenvalue weighted by molar-refractivity contribution is -0.151. The average molecular weight is 393 g/mol. The molecular weight excluding hydrogens is 362 g/mol. The third kappa shape index (κ3) is 3.73. The Bertz CT molecular complexity index is 686. The van der Waals surface area contributed by atoms with Crippen molar-refractivity contribution in [1.29, 1.82) is 0 Å². The molecule has 1 atom stereocenters. The molecule has 4 amide bonds. The summed E-state index contributed by atoms with van der Waals surface area (Å²) in [5.74, 6) is -1.44. The first kappa shape index (κ1) is 20.6. The Labute approximate surface area is 165 Å². The van der Waals surface area contributed by atoms with E-state index in [1.54, 1.807) is 0 Å². The highest BCUT2D eigenvalue weighted by molar-refractivity contribution is 6.09. The van der Waals surface area contributed by atoms with Crippen LogP contribution in [0.15, 0.2) is 0 Å². The van der Waals surface area contributed by atoms with Crippen molar-refractivity contribution < 1.29 is 24.3 Å². The summed E-state index contributed by atoms with van der Waals surface area (Å²) in [6, 6.07) is -1.64. The van der Waals surface area contributed by atoms with Gasteiger partial charge in [-0.15, -0.1) is 0 Å². The van der Waals surface area contributed by atoms with Crippen LogP contribution in [0.4, 0.5) is 4.79 Å². The van der Waals surface area contributed by atoms with Crippen LogP contribution in [0.5, 0.6) is 0 Å². The quantitative estimate of drug-likeness (QED) is 0.695. The van der Waals surface area contributed by atoms with Gasteiger partial charge in [0.15, 0.2) is 0 Å². The number of imide groups is 1. The average Bonchev–Trinajstić information content (AvgIpc) is 3.40. The van der Waals surface area contributed by atoms with Gasteiger partial charge in [-0.25, -0.2) is 9.59 Å². The van der Waals surface area contributed by atoms with Gasteiger partial charge in [-0.1, -0.05) is 20.8 Å². The molecule has 2 aliphatic carbocycles. The number of rotatable bonds is 5. The van der Waals surface area contributed by atoms with Gasteiger partial charge >= 0.3 is 12.0 Å². The summed E-state index contributed by atoms with van der Waals surface area (Å²) in [6.45, 7) is 7.62. The van der Waals surface area contributed by atoms with Crippen LogP contribution in [0, 0.1) is 11.3 Å². The summed E-state index contributed by atoms with van der Waals surface area (Å²) in [5, 5.41) is 12.1. The predicted octanol–water partition coefficient (Wildman–Crippen LogP) is 1.98. The van der Waals surface area contributed by atoms with Crippen LogP contribution in [-0.2, 0) is 14.4 Å². The third-order valence-electron chi connectivity index (χ3n) is 6.61. The standard InChI is InChI=1S/C20H31N3O5/c1-12(16(25)26)23(14-5-6-14)15(24)11-22-17(27)20(21-18(22)28)9-7-13(8-10-20)19(2,3)4/h12-14H,5-11H2,1-4H3,(H,21,28)(H,25,26). The molecule has 0 aromatic heterocycles. The van der Waals surface area contributed by atoms with Crippen LogP contribution in [0.1, 0.15) is 66.2 Å². The van der Waals surface area contributed by atoms with Gasteiger partial charge in [-0.05, 0) is 56.8 Å². The van der Waals surface area contributed by atoms with Crippen molar-refractivity contribution in [3.63, 3.8) is 0 Å². The summed E-state index contributed by atoms with van der Waals surface area (Å²) in [5.41, 5.74) is -0.761. The molecule has 0 bridgehead atoms. The normalized spacial score (nSPS) is 29.0. The summed E-state index contributed by atoms with van der Waals surface area (Å²) in [6.07, 6.45) is 4.34. The maximum atomic E-state index is 13.1. The molecule has 1 heterocycles. The van der Waals surface area contributed by atoms with E-state index < -0.39 is 36.0 Å². The maximum absolute atomic E-state index is 13.1. The molecule has 0 aromatic rings. The molecule has 2 saturated carbocycles. The lowest BCUT2D eigenvalue weighted by atomic mass is 9.67. The predicted molar refractivity (Wildman–Crippen MR) is 101 cm³/mol. The van der Waals surface area contributed by atoms with E-state index in [1.807, 2.05) is 0 Å². The molecule has 1 aliphatic heterocycles. The van der Waals surface area contributed by atoms with E-state index in [9.17, 15) is 24.3 Å². The second-order valence-electron chi connectivity index (χ2n) is 9.59. The van der Waals surface area contributed by atoms with Crippen LogP contribution >= 0.6 is 0 Å². The third-order valence-corrected chi connectivity index (χ3v) is 6.61. The fraction of sp³-hybridized carbons (Fsp3) is 0.800. The number of nitrogens with zero attached hydrogens (tertiary/aromatic N) is 2. The second kappa shape index (κ2) is 7.04. The van der Waals surface area contributed by atoms with E-state index in [0.29, 0.717) is 18.8 Å². The molecule has 3 fully saturated rings. The van der Waals surface area contributed by atoms with E-state index in [2.05, 4.69) is 26.1 Å². The van der Waals surface area contributed by atoms with E-state index in [4.69, 9.17) is 0 Å². The van der Waals surface area contributed by atoms with Crippen LogP contribution in [-0.4, -0.2) is 62.9 Å². The summed E-state index contributed by atoms with van der Waals surface area (Å²) >= 11 is 0. The zero-order valence-corrected chi connectivity index (χ0v) is 17.2. The van der Waals surface area contributed by atoms with E-state index in [1.165, 1.54) is 11.8 Å². The van der Waals surface area contributed by atoms with E-state index >= 15 is 0 Å². The maximum Gasteiger partial charge on any atom is 0.326 e. The van der Waals surface area contributed by atoms with Gasteiger partial charge in [0.05, 0.1) is 0 Å². The first-order valence-corrected chi connectivity index (χ1v) is 10.1. The van der Waals surface area contributed by atoms with Crippen molar-refractivity contribution in [3.05, 3.63) is 0 Å². The first-order chi connectivity index (χ1) is 13.0. The molecule has 1 unspecified atom stereocenters. The zero-order chi connectivity index (χ0) is 20.9. The van der Waals surface area contributed by atoms with Crippen molar-refractivity contribution in [2.75, 3.05) is 6.54 Å². The van der Waals surface area contributed by atoms with Crippen molar-refractivity contribution in [2.45, 2.75) is 83.8 Å². The molecule has 1 saturated heterocycles. The minimum absolute atomic E-state index is 0.115. The number of urea groups is 1. The second-order valence-corrected chi connectivity index (χ2v) is 9.59. The SMILES string of the molecule is CC(C(=O)O)N(C(=O)CN1C(=O)NC2(CCC(C(C)(C)C)CC2)C1=O)C1CC1. The molecule has 156 valence electrons. The van der Waals surface area contributed by atoms with E-state index in [0.717, 1.165) is 30.6 Å². The fourth-order valence-electron chi connectivity index (χ4n) is 4.56. The topological polar surface area (TPSA) is 107 Å². The van der Waals surface area contributed by atoms with E-state index in [-0.39, 0.29) is 17.4 Å². The molecule has 0 aromatic carbocycles. The molecule has 3 rings (SSSR count). The Morgan fingerprint density at radius 2 is 1.79 bits per heavy atom. The molecule has 0 radical (unpaired) electrons. The number of amides is 4. The van der Waals surface area contributed by atoms with Crippen molar-refractivity contribution in [3.8, 4) is 0 Å². The molecule has 8 nitrogen and oxygen atoms in total. The Kier molecular flexibility index (Phi) is 5.18. The number of carbonyl (C=O) groups excluding carboxylic acids is 3. The minimum atomic E-state index is -1.09. The smallest absolute Gasteiger partial charge is 0.326 e.